The van der Waals surface area contributed by atoms with E-state index in [9.17, 15) is 18.0 Å². The quantitative estimate of drug-likeness (QED) is 0.660. The number of fused-ring (bicyclic) bond motifs is 1. The number of rotatable bonds is 3. The molecule has 0 unspecified atom stereocenters. The van der Waals surface area contributed by atoms with Gasteiger partial charge in [-0.15, -0.1) is 0 Å². The number of halogens is 3. The number of carbonyl (C=O) groups excluding carboxylic acids is 1. The maximum Gasteiger partial charge on any atom is 0.414 e. The van der Waals surface area contributed by atoms with Gasteiger partial charge in [0.15, 0.2) is 6.04 Å². The average molecular weight is 365 g/mol. The summed E-state index contributed by atoms with van der Waals surface area (Å²) >= 11 is 0. The van der Waals surface area contributed by atoms with Crippen molar-refractivity contribution in [2.45, 2.75) is 19.1 Å². The minimum absolute atomic E-state index is 0.0237. The van der Waals surface area contributed by atoms with E-state index in [2.05, 4.69) is 20.4 Å². The topological polar surface area (TPSA) is 110 Å². The number of carbonyl (C=O) groups is 1. The molecule has 0 spiro atoms. The third-order valence-electron chi connectivity index (χ3n) is 3.63. The lowest BCUT2D eigenvalue weighted by molar-refractivity contribution is -0.155. The number of anilines is 2. The molecule has 0 aliphatic heterocycles. The molecule has 0 fully saturated rings. The molecule has 0 saturated carbocycles. The van der Waals surface area contributed by atoms with Gasteiger partial charge in [0.05, 0.1) is 29.3 Å². The highest BCUT2D eigenvalue weighted by Gasteiger charge is 2.44. The Bertz CT molecular complexity index is 937. The highest BCUT2D eigenvalue weighted by atomic mass is 19.4. The van der Waals surface area contributed by atoms with Gasteiger partial charge in [-0.25, -0.2) is 19.3 Å². The third kappa shape index (κ3) is 3.50. The highest BCUT2D eigenvalue weighted by molar-refractivity contribution is 5.89. The molecule has 11 heteroatoms. The second-order valence-corrected chi connectivity index (χ2v) is 5.44. The van der Waals surface area contributed by atoms with Crippen LogP contribution in [0.3, 0.4) is 0 Å². The zero-order chi connectivity index (χ0) is 18.9. The molecule has 0 saturated heterocycles. The van der Waals surface area contributed by atoms with Gasteiger partial charge in [-0.05, 0) is 19.1 Å². The molecule has 26 heavy (non-hydrogen) atoms. The first-order valence-electron chi connectivity index (χ1n) is 7.41. The van der Waals surface area contributed by atoms with Gasteiger partial charge in [0.25, 0.3) is 0 Å². The fourth-order valence-electron chi connectivity index (χ4n) is 2.42. The predicted octanol–water partition coefficient (Wildman–Crippen LogP) is 2.44. The first-order valence-corrected chi connectivity index (χ1v) is 7.41. The van der Waals surface area contributed by atoms with Crippen molar-refractivity contribution in [3.63, 3.8) is 0 Å². The van der Waals surface area contributed by atoms with Gasteiger partial charge in [0.2, 0.25) is 5.95 Å². The summed E-state index contributed by atoms with van der Waals surface area (Å²) < 4.78 is 41.9. The van der Waals surface area contributed by atoms with Crippen LogP contribution in [0.25, 0.3) is 5.52 Å². The van der Waals surface area contributed by atoms with Crippen LogP contribution in [0.1, 0.15) is 17.3 Å². The van der Waals surface area contributed by atoms with Gasteiger partial charge in [0.1, 0.15) is 0 Å². The molecule has 1 atom stereocenters. The third-order valence-corrected chi connectivity index (χ3v) is 3.63. The lowest BCUT2D eigenvalue weighted by atomic mass is 10.1. The second kappa shape index (κ2) is 6.50. The van der Waals surface area contributed by atoms with Crippen LogP contribution in [0.15, 0.2) is 36.8 Å². The molecule has 2 amide bonds. The van der Waals surface area contributed by atoms with Gasteiger partial charge in [-0.3, -0.25) is 0 Å². The Kier molecular flexibility index (Phi) is 4.36. The Morgan fingerprint density at radius 3 is 2.58 bits per heavy atom. The number of alkyl halides is 3. The summed E-state index contributed by atoms with van der Waals surface area (Å²) in [4.78, 5) is 19.3. The Labute approximate surface area is 145 Å². The number of amides is 2. The van der Waals surface area contributed by atoms with Crippen LogP contribution < -0.4 is 16.4 Å². The van der Waals surface area contributed by atoms with E-state index in [1.165, 1.54) is 30.0 Å². The molecule has 3 heterocycles. The molecule has 0 aliphatic carbocycles. The van der Waals surface area contributed by atoms with Crippen LogP contribution in [0.2, 0.25) is 0 Å². The average Bonchev–Trinajstić information content (AvgIpc) is 2.91. The van der Waals surface area contributed by atoms with Crippen molar-refractivity contribution in [2.75, 3.05) is 11.1 Å². The Morgan fingerprint density at radius 1 is 1.27 bits per heavy atom. The molecule has 3 aromatic rings. The van der Waals surface area contributed by atoms with Crippen molar-refractivity contribution in [2.24, 2.45) is 0 Å². The van der Waals surface area contributed by atoms with Gasteiger partial charge in [-0.2, -0.15) is 18.3 Å². The summed E-state index contributed by atoms with van der Waals surface area (Å²) in [5.41, 5.74) is 5.97. The zero-order valence-corrected chi connectivity index (χ0v) is 13.4. The van der Waals surface area contributed by atoms with E-state index in [-0.39, 0.29) is 17.3 Å². The molecule has 3 aromatic heterocycles. The highest BCUT2D eigenvalue weighted by Crippen LogP contribution is 2.34. The van der Waals surface area contributed by atoms with E-state index in [4.69, 9.17) is 5.73 Å². The summed E-state index contributed by atoms with van der Waals surface area (Å²) in [6.07, 6.45) is -0.843. The number of aryl methyl sites for hydroxylation is 1. The molecule has 8 nitrogen and oxygen atoms in total. The maximum absolute atomic E-state index is 13.5. The number of nitrogens with zero attached hydrogens (tertiary/aromatic N) is 4. The molecule has 0 bridgehead atoms. The largest absolute Gasteiger partial charge is 0.414 e. The Morgan fingerprint density at radius 2 is 1.96 bits per heavy atom. The molecule has 4 N–H and O–H groups in total. The lowest BCUT2D eigenvalue weighted by Gasteiger charge is -2.20. The summed E-state index contributed by atoms with van der Waals surface area (Å²) in [7, 11) is 0. The van der Waals surface area contributed by atoms with E-state index in [1.807, 2.05) is 5.32 Å². The molecule has 0 aromatic carbocycles. The van der Waals surface area contributed by atoms with Crippen LogP contribution in [0, 0.1) is 6.92 Å². The van der Waals surface area contributed by atoms with Crippen LogP contribution in [0.4, 0.5) is 29.6 Å². The number of urea groups is 1. The van der Waals surface area contributed by atoms with Gasteiger partial charge in [0, 0.05) is 11.8 Å². The molecular formula is C15H14F3N7O. The first kappa shape index (κ1) is 17.5. The Balaban J connectivity index is 1.87. The summed E-state index contributed by atoms with van der Waals surface area (Å²) in [6.45, 7) is 1.52. The predicted molar refractivity (Wildman–Crippen MR) is 87.3 cm³/mol. The van der Waals surface area contributed by atoms with Gasteiger partial charge >= 0.3 is 12.2 Å². The van der Waals surface area contributed by atoms with Crippen molar-refractivity contribution >= 4 is 23.2 Å². The standard InChI is InChI=1S/C15H14F3N7O/c1-8-10-4-2-3-5-25(10)24-11(8)12(15(16,17)18)23-14(26)22-9-6-20-13(19)21-7-9/h2-7,12H,1H3,(H2,19,20,21)(H2,22,23,26)/t12-/m0/s1. The second-order valence-electron chi connectivity index (χ2n) is 5.44. The van der Waals surface area contributed by atoms with E-state index >= 15 is 0 Å². The summed E-state index contributed by atoms with van der Waals surface area (Å²) in [5, 5.41) is 8.09. The number of aromatic nitrogens is 4. The fourth-order valence-corrected chi connectivity index (χ4v) is 2.42. The van der Waals surface area contributed by atoms with Gasteiger partial charge < -0.3 is 16.4 Å². The van der Waals surface area contributed by atoms with E-state index < -0.39 is 18.2 Å². The SMILES string of the molecule is Cc1c([C@H](NC(=O)Nc2cnc(N)nc2)C(F)(F)F)nn2ccccc12. The minimum Gasteiger partial charge on any atom is -0.368 e. The van der Waals surface area contributed by atoms with Crippen molar-refractivity contribution in [3.05, 3.63) is 48.0 Å². The smallest absolute Gasteiger partial charge is 0.368 e. The van der Waals surface area contributed by atoms with Crippen molar-refractivity contribution in [1.82, 2.24) is 24.9 Å². The normalized spacial score (nSPS) is 12.8. The lowest BCUT2D eigenvalue weighted by Crippen LogP contribution is -2.41. The Hall–Kier alpha value is -3.37. The number of hydrogen-bond donors (Lipinski definition) is 3. The van der Waals surface area contributed by atoms with E-state index in [1.54, 1.807) is 18.2 Å². The van der Waals surface area contributed by atoms with Crippen LogP contribution in [-0.2, 0) is 0 Å². The molecule has 136 valence electrons. The van der Waals surface area contributed by atoms with E-state index in [0.29, 0.717) is 11.1 Å². The first-order chi connectivity index (χ1) is 12.3. The van der Waals surface area contributed by atoms with Crippen molar-refractivity contribution in [3.8, 4) is 0 Å². The van der Waals surface area contributed by atoms with Gasteiger partial charge in [-0.1, -0.05) is 6.07 Å². The number of nitrogens with one attached hydrogen (secondary N) is 2. The number of pyridine rings is 1. The minimum atomic E-state index is -4.74. The number of nitrogens with two attached hydrogens (primary N) is 1. The molecule has 0 radical (unpaired) electrons. The molecular weight excluding hydrogens is 351 g/mol. The summed E-state index contributed by atoms with van der Waals surface area (Å²) in [6, 6.07) is 1.63. The van der Waals surface area contributed by atoms with E-state index in [0.717, 1.165) is 0 Å². The zero-order valence-electron chi connectivity index (χ0n) is 13.4. The fraction of sp³-hybridized carbons (Fsp3) is 0.200. The monoisotopic (exact) mass is 365 g/mol. The van der Waals surface area contributed by atoms with Crippen LogP contribution in [-0.4, -0.2) is 31.8 Å². The maximum atomic E-state index is 13.5. The van der Waals surface area contributed by atoms with Crippen LogP contribution >= 0.6 is 0 Å². The van der Waals surface area contributed by atoms with Crippen LogP contribution in [0.5, 0.6) is 0 Å². The molecule has 0 aliphatic rings. The summed E-state index contributed by atoms with van der Waals surface area (Å²) in [5.74, 6) is -0.0237. The van der Waals surface area contributed by atoms with Crippen molar-refractivity contribution < 1.29 is 18.0 Å². The van der Waals surface area contributed by atoms with Crippen molar-refractivity contribution in [1.29, 1.82) is 0 Å². The number of nitrogen functional groups attached to an aromatic ring is 1. The number of hydrogen-bond acceptors (Lipinski definition) is 5. The molecule has 3 rings (SSSR count).